The summed E-state index contributed by atoms with van der Waals surface area (Å²) >= 11 is 0. The second kappa shape index (κ2) is 10.7. The molecule has 3 rings (SSSR count). The van der Waals surface area contributed by atoms with Crippen LogP contribution in [0.4, 0.5) is 0 Å². The maximum absolute atomic E-state index is 12.9. The van der Waals surface area contributed by atoms with Crippen molar-refractivity contribution in [3.05, 3.63) is 63.3 Å². The Balaban J connectivity index is 2.04. The first-order valence-corrected chi connectivity index (χ1v) is 10.6. The van der Waals surface area contributed by atoms with Gasteiger partial charge in [-0.1, -0.05) is 0 Å². The van der Waals surface area contributed by atoms with Crippen molar-refractivity contribution in [3.63, 3.8) is 0 Å². The lowest BCUT2D eigenvalue weighted by Gasteiger charge is -2.11. The molecule has 0 radical (unpaired) electrons. The number of phenolic OH excluding ortho intramolecular Hbond substituents is 2. The van der Waals surface area contributed by atoms with Crippen LogP contribution >= 0.6 is 0 Å². The lowest BCUT2D eigenvalue weighted by atomic mass is 10.1. The van der Waals surface area contributed by atoms with Crippen LogP contribution in [0, 0.1) is 0 Å². The molecule has 3 aromatic rings. The van der Waals surface area contributed by atoms with Gasteiger partial charge in [0.2, 0.25) is 11.5 Å². The third-order valence-electron chi connectivity index (χ3n) is 5.61. The molecule has 1 aromatic heterocycles. The summed E-state index contributed by atoms with van der Waals surface area (Å²) in [7, 11) is 9.17. The summed E-state index contributed by atoms with van der Waals surface area (Å²) in [5, 5.41) is 20.7. The number of rotatable bonds is 8. The van der Waals surface area contributed by atoms with E-state index in [-0.39, 0.29) is 28.7 Å². The summed E-state index contributed by atoms with van der Waals surface area (Å²) in [4.78, 5) is 12.9. The smallest absolute Gasteiger partial charge is 0.498 e. The van der Waals surface area contributed by atoms with Crippen LogP contribution in [-0.4, -0.2) is 43.2 Å². The molecular weight excluding hydrogens is 452 g/mol. The standard InChI is InChI=1S/C26H28N2O7/c1-27-18(11-7-16-9-13-20(32-3)22(29)24(16)34-5)15-19(28(2)26(27)31)12-8-17-10-14-21(33-4)23(30)25(17)35-6/h7-15H,1-6H3,(H-,29,30)/p+1. The van der Waals surface area contributed by atoms with E-state index in [9.17, 15) is 15.0 Å². The van der Waals surface area contributed by atoms with Gasteiger partial charge < -0.3 is 29.2 Å². The zero-order chi connectivity index (χ0) is 25.7. The number of methoxy groups -OCH3 is 4. The molecule has 0 atom stereocenters. The summed E-state index contributed by atoms with van der Waals surface area (Å²) in [6.07, 6.45) is 6.99. The van der Waals surface area contributed by atoms with Gasteiger partial charge in [-0.3, -0.25) is 0 Å². The Morgan fingerprint density at radius 2 is 1.26 bits per heavy atom. The number of phenols is 2. The van der Waals surface area contributed by atoms with Crippen LogP contribution in [0.2, 0.25) is 0 Å². The van der Waals surface area contributed by atoms with E-state index in [0.29, 0.717) is 34.0 Å². The lowest BCUT2D eigenvalue weighted by molar-refractivity contribution is -0.692. The molecule has 35 heavy (non-hydrogen) atoms. The van der Waals surface area contributed by atoms with E-state index in [0.717, 1.165) is 0 Å². The average Bonchev–Trinajstić information content (AvgIpc) is 2.86. The van der Waals surface area contributed by atoms with Gasteiger partial charge in [-0.05, 0) is 48.6 Å². The Labute approximate surface area is 203 Å². The summed E-state index contributed by atoms with van der Waals surface area (Å²) in [5.74, 6) is 0.907. The van der Waals surface area contributed by atoms with E-state index in [1.807, 2.05) is 6.07 Å². The Morgan fingerprint density at radius 1 is 0.771 bits per heavy atom. The van der Waals surface area contributed by atoms with Gasteiger partial charge in [-0.2, -0.15) is 13.9 Å². The largest absolute Gasteiger partial charge is 0.502 e. The van der Waals surface area contributed by atoms with E-state index in [4.69, 9.17) is 18.9 Å². The van der Waals surface area contributed by atoms with Crippen LogP contribution in [-0.2, 0) is 14.1 Å². The predicted octanol–water partition coefficient (Wildman–Crippen LogP) is 3.00. The minimum Gasteiger partial charge on any atom is -0.502 e. The average molecular weight is 482 g/mol. The number of nitrogens with zero attached hydrogens (tertiary/aromatic N) is 2. The van der Waals surface area contributed by atoms with E-state index in [1.54, 1.807) is 62.7 Å². The van der Waals surface area contributed by atoms with Crippen molar-refractivity contribution in [1.82, 2.24) is 4.57 Å². The highest BCUT2D eigenvalue weighted by atomic mass is 16.5. The minimum atomic E-state index is -0.235. The van der Waals surface area contributed by atoms with Crippen LogP contribution < -0.4 is 29.2 Å². The SMILES string of the molecule is COc1ccc(C=Cc2cc(C=Cc3ccc(OC)c(O)c3OC)[n+](C)c(=O)n2C)c(OC)c1O. The lowest BCUT2D eigenvalue weighted by Crippen LogP contribution is -2.53. The highest BCUT2D eigenvalue weighted by molar-refractivity contribution is 5.77. The minimum absolute atomic E-state index is 0.106. The molecule has 0 bridgehead atoms. The summed E-state index contributed by atoms with van der Waals surface area (Å²) in [6.45, 7) is 0. The van der Waals surface area contributed by atoms with Crippen molar-refractivity contribution in [3.8, 4) is 34.5 Å². The predicted molar refractivity (Wildman–Crippen MR) is 133 cm³/mol. The molecule has 0 saturated heterocycles. The second-order valence-electron chi connectivity index (χ2n) is 7.54. The number of aromatic nitrogens is 2. The fourth-order valence-corrected chi connectivity index (χ4v) is 3.62. The van der Waals surface area contributed by atoms with Gasteiger partial charge in [0.25, 0.3) is 0 Å². The molecule has 0 aliphatic carbocycles. The van der Waals surface area contributed by atoms with E-state index in [2.05, 4.69) is 0 Å². The summed E-state index contributed by atoms with van der Waals surface area (Å²) in [5.41, 5.74) is 2.23. The van der Waals surface area contributed by atoms with Gasteiger partial charge in [0.05, 0.1) is 42.5 Å². The van der Waals surface area contributed by atoms with E-state index < -0.39 is 0 Å². The molecule has 0 unspecified atom stereocenters. The highest BCUT2D eigenvalue weighted by Gasteiger charge is 2.16. The van der Waals surface area contributed by atoms with Gasteiger partial charge in [-0.25, -0.2) is 0 Å². The van der Waals surface area contributed by atoms with Crippen LogP contribution in [0.5, 0.6) is 34.5 Å². The molecule has 2 N–H and O–H groups in total. The number of hydrogen-bond donors (Lipinski definition) is 2. The second-order valence-corrected chi connectivity index (χ2v) is 7.54. The van der Waals surface area contributed by atoms with Crippen LogP contribution in [0.25, 0.3) is 24.3 Å². The van der Waals surface area contributed by atoms with Crippen molar-refractivity contribution in [2.24, 2.45) is 14.1 Å². The monoisotopic (exact) mass is 481 g/mol. The van der Waals surface area contributed by atoms with Gasteiger partial charge in [0.1, 0.15) is 11.4 Å². The van der Waals surface area contributed by atoms with Gasteiger partial charge in [0.15, 0.2) is 23.0 Å². The molecule has 0 spiro atoms. The molecular formula is C26H29N2O7+. The number of ether oxygens (including phenoxy) is 4. The first kappa shape index (κ1) is 25.2. The van der Waals surface area contributed by atoms with Crippen molar-refractivity contribution < 1.29 is 33.7 Å². The Bertz CT molecular complexity index is 1260. The fraction of sp³-hybridized carbons (Fsp3) is 0.231. The maximum Gasteiger partial charge on any atom is 0.498 e. The van der Waals surface area contributed by atoms with Crippen LogP contribution in [0.1, 0.15) is 22.5 Å². The Hall–Kier alpha value is -4.40. The normalized spacial score (nSPS) is 11.3. The van der Waals surface area contributed by atoms with Crippen LogP contribution in [0.3, 0.4) is 0 Å². The fourth-order valence-electron chi connectivity index (χ4n) is 3.62. The van der Waals surface area contributed by atoms with Crippen molar-refractivity contribution in [1.29, 1.82) is 0 Å². The first-order valence-electron chi connectivity index (χ1n) is 10.6. The molecule has 0 fully saturated rings. The molecule has 9 heteroatoms. The zero-order valence-electron chi connectivity index (χ0n) is 20.5. The molecule has 9 nitrogen and oxygen atoms in total. The number of benzene rings is 2. The molecule has 2 aromatic carbocycles. The summed E-state index contributed by atoms with van der Waals surface area (Å²) < 4.78 is 23.9. The van der Waals surface area contributed by atoms with Crippen molar-refractivity contribution in [2.75, 3.05) is 28.4 Å². The zero-order valence-corrected chi connectivity index (χ0v) is 20.5. The van der Waals surface area contributed by atoms with E-state index in [1.165, 1.54) is 37.6 Å². The van der Waals surface area contributed by atoms with Crippen molar-refractivity contribution >= 4 is 24.3 Å². The highest BCUT2D eigenvalue weighted by Crippen LogP contribution is 2.40. The Kier molecular flexibility index (Phi) is 7.70. The quantitative estimate of drug-likeness (QED) is 0.477. The van der Waals surface area contributed by atoms with Crippen molar-refractivity contribution in [2.45, 2.75) is 0 Å². The van der Waals surface area contributed by atoms with Crippen LogP contribution in [0.15, 0.2) is 35.1 Å². The number of aromatic hydroxyl groups is 2. The van der Waals surface area contributed by atoms with Gasteiger partial charge in [-0.15, -0.1) is 0 Å². The third-order valence-corrected chi connectivity index (χ3v) is 5.61. The molecule has 184 valence electrons. The maximum atomic E-state index is 12.9. The molecule has 0 amide bonds. The molecule has 0 aliphatic rings. The van der Waals surface area contributed by atoms with Gasteiger partial charge in [0, 0.05) is 17.2 Å². The molecule has 1 heterocycles. The molecule has 0 aliphatic heterocycles. The topological polar surface area (TPSA) is 103 Å². The summed E-state index contributed by atoms with van der Waals surface area (Å²) in [6, 6.07) is 8.59. The van der Waals surface area contributed by atoms with Gasteiger partial charge >= 0.3 is 5.69 Å². The first-order chi connectivity index (χ1) is 16.8. The number of hydrogen-bond acceptors (Lipinski definition) is 7. The molecule has 0 saturated carbocycles. The third kappa shape index (κ3) is 4.93. The van der Waals surface area contributed by atoms with E-state index >= 15 is 0 Å². The Morgan fingerprint density at radius 3 is 1.71 bits per heavy atom.